The Balaban J connectivity index is 1.91. The van der Waals surface area contributed by atoms with E-state index in [1.165, 1.54) is 16.8 Å². The maximum Gasteiger partial charge on any atom is 0.438 e. The van der Waals surface area contributed by atoms with Crippen LogP contribution in [0.5, 0.6) is 0 Å². The van der Waals surface area contributed by atoms with Crippen LogP contribution in [0, 0.1) is 0 Å². The number of benzene rings is 1. The van der Waals surface area contributed by atoms with Gasteiger partial charge < -0.3 is 5.11 Å². The number of aryl methyl sites for hydroxylation is 1. The third kappa shape index (κ3) is 2.86. The lowest BCUT2D eigenvalue weighted by Crippen LogP contribution is -2.55. The summed E-state index contributed by atoms with van der Waals surface area (Å²) in [5, 5.41) is 22.7. The fourth-order valence-electron chi connectivity index (χ4n) is 2.53. The molecule has 0 saturated heterocycles. The predicted molar refractivity (Wildman–Crippen MR) is 81.4 cm³/mol. The minimum atomic E-state index is -4.86. The van der Waals surface area contributed by atoms with Crippen molar-refractivity contribution in [2.75, 3.05) is 5.01 Å². The van der Waals surface area contributed by atoms with Crippen LogP contribution in [-0.2, 0) is 13.0 Å². The molecule has 0 bridgehead atoms. The number of hydrogen-bond donors (Lipinski definition) is 1. The molecule has 2 aromatic rings. The van der Waals surface area contributed by atoms with Gasteiger partial charge in [-0.1, -0.05) is 30.3 Å². The van der Waals surface area contributed by atoms with Crippen LogP contribution in [-0.4, -0.2) is 37.7 Å². The molecule has 0 saturated carbocycles. The van der Waals surface area contributed by atoms with Crippen molar-refractivity contribution >= 4 is 11.4 Å². The van der Waals surface area contributed by atoms with Crippen molar-refractivity contribution in [2.24, 2.45) is 5.10 Å². The summed E-state index contributed by atoms with van der Waals surface area (Å²) in [6.45, 7) is 1.94. The van der Waals surface area contributed by atoms with Crippen molar-refractivity contribution < 1.29 is 18.3 Å². The van der Waals surface area contributed by atoms with Crippen LogP contribution in [0.4, 0.5) is 18.9 Å². The van der Waals surface area contributed by atoms with Gasteiger partial charge in [0.15, 0.2) is 0 Å². The first-order valence-electron chi connectivity index (χ1n) is 7.43. The maximum atomic E-state index is 13.5. The number of rotatable bonds is 4. The average molecular weight is 339 g/mol. The first-order valence-corrected chi connectivity index (χ1v) is 7.43. The van der Waals surface area contributed by atoms with E-state index in [-0.39, 0.29) is 17.9 Å². The van der Waals surface area contributed by atoms with Crippen LogP contribution in [0.1, 0.15) is 19.0 Å². The first-order chi connectivity index (χ1) is 11.3. The molecule has 6 nitrogen and oxygen atoms in total. The lowest BCUT2D eigenvalue weighted by molar-refractivity contribution is -0.254. The number of hydrogen-bond acceptors (Lipinski definition) is 5. The van der Waals surface area contributed by atoms with Crippen LogP contribution in [0.3, 0.4) is 0 Å². The van der Waals surface area contributed by atoms with Crippen molar-refractivity contribution in [3.63, 3.8) is 0 Å². The molecule has 1 aromatic carbocycles. The lowest BCUT2D eigenvalue weighted by Gasteiger charge is -2.34. The van der Waals surface area contributed by atoms with Crippen LogP contribution >= 0.6 is 0 Å². The average Bonchev–Trinajstić information content (AvgIpc) is 3.13. The SMILES string of the molecule is CCc1cn(CC2=NN(c3ccccc3)C(O)(C(F)(F)F)C2)nn1. The zero-order valence-corrected chi connectivity index (χ0v) is 12.9. The second-order valence-electron chi connectivity index (χ2n) is 5.57. The molecule has 0 radical (unpaired) electrons. The molecule has 1 N–H and O–H groups in total. The van der Waals surface area contributed by atoms with E-state index in [2.05, 4.69) is 15.4 Å². The number of alkyl halides is 3. The minimum absolute atomic E-state index is 0.0364. The molecule has 128 valence electrons. The summed E-state index contributed by atoms with van der Waals surface area (Å²) < 4.78 is 41.8. The predicted octanol–water partition coefficient (Wildman–Crippen LogP) is 2.36. The largest absolute Gasteiger partial charge is 0.438 e. The van der Waals surface area contributed by atoms with Gasteiger partial charge in [-0.05, 0) is 18.6 Å². The van der Waals surface area contributed by atoms with E-state index in [1.54, 1.807) is 24.4 Å². The molecule has 2 heterocycles. The summed E-state index contributed by atoms with van der Waals surface area (Å²) in [6.07, 6.45) is -3.17. The first kappa shape index (κ1) is 16.4. The highest BCUT2D eigenvalue weighted by Crippen LogP contribution is 2.42. The molecule has 0 fully saturated rings. The molecule has 1 aromatic heterocycles. The van der Waals surface area contributed by atoms with Gasteiger partial charge in [0.1, 0.15) is 0 Å². The van der Waals surface area contributed by atoms with Crippen molar-refractivity contribution in [1.82, 2.24) is 15.0 Å². The Kier molecular flexibility index (Phi) is 4.04. The summed E-state index contributed by atoms with van der Waals surface area (Å²) in [5.74, 6) is 0. The summed E-state index contributed by atoms with van der Waals surface area (Å²) in [4.78, 5) is 0. The molecule has 1 atom stereocenters. The van der Waals surface area contributed by atoms with Gasteiger partial charge in [-0.25, -0.2) is 9.69 Å². The Morgan fingerprint density at radius 2 is 1.96 bits per heavy atom. The molecule has 0 amide bonds. The number of para-hydroxylation sites is 1. The van der Waals surface area contributed by atoms with Gasteiger partial charge >= 0.3 is 6.18 Å². The highest BCUT2D eigenvalue weighted by atomic mass is 19.4. The molecule has 3 rings (SSSR count). The monoisotopic (exact) mass is 339 g/mol. The molecule has 9 heteroatoms. The van der Waals surface area contributed by atoms with E-state index in [4.69, 9.17) is 0 Å². The number of nitrogens with zero attached hydrogens (tertiary/aromatic N) is 5. The van der Waals surface area contributed by atoms with Gasteiger partial charge in [0, 0.05) is 12.6 Å². The topological polar surface area (TPSA) is 66.5 Å². The summed E-state index contributed by atoms with van der Waals surface area (Å²) in [7, 11) is 0. The van der Waals surface area contributed by atoms with E-state index in [9.17, 15) is 18.3 Å². The van der Waals surface area contributed by atoms with Crippen LogP contribution in [0.25, 0.3) is 0 Å². The molecule has 0 spiro atoms. The molecular weight excluding hydrogens is 323 g/mol. The Morgan fingerprint density at radius 1 is 1.25 bits per heavy atom. The second kappa shape index (κ2) is 5.90. The highest BCUT2D eigenvalue weighted by Gasteiger charge is 2.61. The van der Waals surface area contributed by atoms with Gasteiger partial charge in [-0.3, -0.25) is 0 Å². The van der Waals surface area contributed by atoms with E-state index in [0.717, 1.165) is 5.69 Å². The Morgan fingerprint density at radius 3 is 2.54 bits per heavy atom. The summed E-state index contributed by atoms with van der Waals surface area (Å²) >= 11 is 0. The normalized spacial score (nSPS) is 21.2. The van der Waals surface area contributed by atoms with Gasteiger partial charge in [-0.2, -0.15) is 18.3 Å². The zero-order valence-electron chi connectivity index (χ0n) is 12.9. The van der Waals surface area contributed by atoms with E-state index in [1.807, 2.05) is 6.92 Å². The van der Waals surface area contributed by atoms with Gasteiger partial charge in [-0.15, -0.1) is 5.10 Å². The fourth-order valence-corrected chi connectivity index (χ4v) is 2.53. The third-order valence-electron chi connectivity index (χ3n) is 3.79. The lowest BCUT2D eigenvalue weighted by atomic mass is 10.1. The summed E-state index contributed by atoms with van der Waals surface area (Å²) in [6, 6.07) is 7.79. The van der Waals surface area contributed by atoms with Crippen LogP contribution in [0.15, 0.2) is 41.6 Å². The number of hydrazone groups is 1. The fraction of sp³-hybridized carbons (Fsp3) is 0.400. The quantitative estimate of drug-likeness (QED) is 0.929. The van der Waals surface area contributed by atoms with Crippen LogP contribution in [0.2, 0.25) is 0 Å². The van der Waals surface area contributed by atoms with Crippen molar-refractivity contribution in [1.29, 1.82) is 0 Å². The van der Waals surface area contributed by atoms with Crippen molar-refractivity contribution in [3.8, 4) is 0 Å². The van der Waals surface area contributed by atoms with Gasteiger partial charge in [0.25, 0.3) is 5.72 Å². The number of anilines is 1. The van der Waals surface area contributed by atoms with E-state index < -0.39 is 18.3 Å². The van der Waals surface area contributed by atoms with Crippen molar-refractivity contribution in [2.45, 2.75) is 38.2 Å². The molecular formula is C15H16F3N5O. The Hall–Kier alpha value is -2.42. The van der Waals surface area contributed by atoms with Crippen LogP contribution < -0.4 is 5.01 Å². The number of aromatic nitrogens is 3. The maximum absolute atomic E-state index is 13.5. The second-order valence-corrected chi connectivity index (χ2v) is 5.57. The van der Waals surface area contributed by atoms with E-state index in [0.29, 0.717) is 11.4 Å². The van der Waals surface area contributed by atoms with E-state index >= 15 is 0 Å². The molecule has 24 heavy (non-hydrogen) atoms. The Bertz CT molecular complexity index is 743. The van der Waals surface area contributed by atoms with Gasteiger partial charge in [0.2, 0.25) is 0 Å². The molecule has 0 aliphatic carbocycles. The molecule has 1 unspecified atom stereocenters. The standard InChI is InChI=1S/C15H16F3N5O/c1-2-11-9-22(21-19-11)10-12-8-14(24,15(16,17)18)23(20-12)13-6-4-3-5-7-13/h3-7,9,24H,2,8,10H2,1H3. The minimum Gasteiger partial charge on any atom is -0.362 e. The van der Waals surface area contributed by atoms with Crippen molar-refractivity contribution in [3.05, 3.63) is 42.2 Å². The number of halogens is 3. The molecule has 1 aliphatic heterocycles. The smallest absolute Gasteiger partial charge is 0.362 e. The molecule has 1 aliphatic rings. The third-order valence-corrected chi connectivity index (χ3v) is 3.79. The highest BCUT2D eigenvalue weighted by molar-refractivity contribution is 5.89. The number of aliphatic hydroxyl groups is 1. The Labute approximate surface area is 136 Å². The zero-order chi connectivity index (χ0) is 17.4. The van der Waals surface area contributed by atoms with Gasteiger partial charge in [0.05, 0.1) is 23.6 Å². The summed E-state index contributed by atoms with van der Waals surface area (Å²) in [5.41, 5.74) is -2.00.